The quantitative estimate of drug-likeness (QED) is 0.487. The number of hydrogen-bond donors (Lipinski definition) is 0. The number of halogens is 1. The minimum absolute atomic E-state index is 0.349. The molecule has 2 aromatic carbocycles. The number of benzene rings is 2. The molecule has 0 aliphatic carbocycles. The van der Waals surface area contributed by atoms with Gasteiger partial charge in [-0.15, -0.1) is 6.58 Å². The molecule has 0 aliphatic heterocycles. The highest BCUT2D eigenvalue weighted by atomic mass is 32.1. The summed E-state index contributed by atoms with van der Waals surface area (Å²) < 4.78 is 18.4. The molecule has 0 fully saturated rings. The smallest absolute Gasteiger partial charge is 0.283 e. The maximum atomic E-state index is 14.3. The standard InChI is InChI=1S/C21H17FN4OS/c1-3-12-25-19-17(22)10-7-11-18(19)28-21(25)24-20(27)16-13-23-26(14(16)2)15-8-5-4-6-9-15/h3-11,13H,1,12H2,2H3. The van der Waals surface area contributed by atoms with Gasteiger partial charge in [-0.1, -0.05) is 41.7 Å². The molecule has 4 rings (SSSR count). The normalized spacial score (nSPS) is 11.9. The summed E-state index contributed by atoms with van der Waals surface area (Å²) in [6.07, 6.45) is 3.17. The fourth-order valence-electron chi connectivity index (χ4n) is 3.07. The van der Waals surface area contributed by atoms with Crippen molar-refractivity contribution in [3.63, 3.8) is 0 Å². The molecule has 28 heavy (non-hydrogen) atoms. The Morgan fingerprint density at radius 1 is 1.25 bits per heavy atom. The lowest BCUT2D eigenvalue weighted by Crippen LogP contribution is -2.17. The third-order valence-corrected chi connectivity index (χ3v) is 5.45. The lowest BCUT2D eigenvalue weighted by Gasteiger charge is -2.04. The van der Waals surface area contributed by atoms with Crippen molar-refractivity contribution in [1.29, 1.82) is 0 Å². The largest absolute Gasteiger partial charge is 0.310 e. The number of fused-ring (bicyclic) bond motifs is 1. The van der Waals surface area contributed by atoms with Gasteiger partial charge >= 0.3 is 0 Å². The van der Waals surface area contributed by atoms with E-state index in [2.05, 4.69) is 16.7 Å². The summed E-state index contributed by atoms with van der Waals surface area (Å²) in [5, 5.41) is 4.32. The first-order valence-electron chi connectivity index (χ1n) is 8.68. The van der Waals surface area contributed by atoms with Crippen LogP contribution in [-0.4, -0.2) is 20.3 Å². The van der Waals surface area contributed by atoms with Crippen LogP contribution in [0.4, 0.5) is 4.39 Å². The van der Waals surface area contributed by atoms with E-state index in [4.69, 9.17) is 0 Å². The molecule has 140 valence electrons. The number of nitrogens with zero attached hydrogens (tertiary/aromatic N) is 4. The Hall–Kier alpha value is -3.32. The Bertz CT molecular complexity index is 1250. The Balaban J connectivity index is 1.81. The van der Waals surface area contributed by atoms with Gasteiger partial charge in [-0.05, 0) is 31.2 Å². The average molecular weight is 392 g/mol. The van der Waals surface area contributed by atoms with Crippen molar-refractivity contribution in [2.24, 2.45) is 4.99 Å². The molecule has 7 heteroatoms. The molecule has 0 N–H and O–H groups in total. The molecule has 0 radical (unpaired) electrons. The number of hydrogen-bond acceptors (Lipinski definition) is 3. The van der Waals surface area contributed by atoms with Gasteiger partial charge in [0.15, 0.2) is 4.80 Å². The SMILES string of the molecule is C=CCn1c(=NC(=O)c2cnn(-c3ccccc3)c2C)sc2cccc(F)c21. The summed E-state index contributed by atoms with van der Waals surface area (Å²) in [6, 6.07) is 14.4. The number of allylic oxidation sites excluding steroid dienone is 1. The van der Waals surface area contributed by atoms with Gasteiger partial charge < -0.3 is 4.57 Å². The molecule has 0 unspecified atom stereocenters. The first-order chi connectivity index (χ1) is 13.6. The zero-order chi connectivity index (χ0) is 19.7. The molecule has 2 aromatic heterocycles. The predicted molar refractivity (Wildman–Crippen MR) is 108 cm³/mol. The van der Waals surface area contributed by atoms with Crippen LogP contribution in [0.15, 0.2) is 72.4 Å². The first kappa shape index (κ1) is 18.1. The molecule has 0 bridgehead atoms. The zero-order valence-electron chi connectivity index (χ0n) is 15.2. The number of thiazole rings is 1. The second-order valence-corrected chi connectivity index (χ2v) is 7.19. The third kappa shape index (κ3) is 3.10. The average Bonchev–Trinajstić information content (AvgIpc) is 3.24. The molecule has 5 nitrogen and oxygen atoms in total. The summed E-state index contributed by atoms with van der Waals surface area (Å²) in [5.41, 5.74) is 2.40. The van der Waals surface area contributed by atoms with Crippen molar-refractivity contribution in [1.82, 2.24) is 14.3 Å². The van der Waals surface area contributed by atoms with Crippen molar-refractivity contribution in [3.8, 4) is 5.69 Å². The summed E-state index contributed by atoms with van der Waals surface area (Å²) in [7, 11) is 0. The number of carbonyl (C=O) groups excluding carboxylic acids is 1. The highest BCUT2D eigenvalue weighted by molar-refractivity contribution is 7.16. The molecule has 0 spiro atoms. The third-order valence-electron chi connectivity index (χ3n) is 4.40. The second kappa shape index (κ2) is 7.36. The second-order valence-electron chi connectivity index (χ2n) is 6.18. The summed E-state index contributed by atoms with van der Waals surface area (Å²) in [6.45, 7) is 5.90. The van der Waals surface area contributed by atoms with E-state index < -0.39 is 5.91 Å². The Labute approximate surface area is 164 Å². The molecule has 0 aliphatic rings. The van der Waals surface area contributed by atoms with Gasteiger partial charge in [0.1, 0.15) is 5.82 Å². The first-order valence-corrected chi connectivity index (χ1v) is 9.49. The van der Waals surface area contributed by atoms with Crippen molar-refractivity contribution < 1.29 is 9.18 Å². The van der Waals surface area contributed by atoms with Crippen LogP contribution in [0.2, 0.25) is 0 Å². The van der Waals surface area contributed by atoms with Crippen LogP contribution in [-0.2, 0) is 6.54 Å². The van der Waals surface area contributed by atoms with Gasteiger partial charge in [0.25, 0.3) is 5.91 Å². The molecule has 4 aromatic rings. The van der Waals surface area contributed by atoms with Crippen molar-refractivity contribution in [2.45, 2.75) is 13.5 Å². The van der Waals surface area contributed by atoms with E-state index in [1.165, 1.54) is 23.6 Å². The highest BCUT2D eigenvalue weighted by Crippen LogP contribution is 2.21. The van der Waals surface area contributed by atoms with Gasteiger partial charge in [-0.3, -0.25) is 4.79 Å². The van der Waals surface area contributed by atoms with E-state index in [9.17, 15) is 9.18 Å². The molecule has 2 heterocycles. The van der Waals surface area contributed by atoms with Crippen LogP contribution in [0.1, 0.15) is 16.1 Å². The molecule has 1 amide bonds. The predicted octanol–water partition coefficient (Wildman–Crippen LogP) is 4.26. The van der Waals surface area contributed by atoms with Gasteiger partial charge in [-0.25, -0.2) is 9.07 Å². The van der Waals surface area contributed by atoms with E-state index in [1.54, 1.807) is 21.4 Å². The van der Waals surface area contributed by atoms with Crippen molar-refractivity contribution in [2.75, 3.05) is 0 Å². The van der Waals surface area contributed by atoms with Crippen LogP contribution >= 0.6 is 11.3 Å². The van der Waals surface area contributed by atoms with Crippen LogP contribution in [0, 0.1) is 12.7 Å². The Morgan fingerprint density at radius 3 is 2.79 bits per heavy atom. The van der Waals surface area contributed by atoms with Crippen LogP contribution in [0.5, 0.6) is 0 Å². The number of carbonyl (C=O) groups is 1. The molecule has 0 saturated heterocycles. The molecular weight excluding hydrogens is 375 g/mol. The van der Waals surface area contributed by atoms with Gasteiger partial charge in [0, 0.05) is 6.54 Å². The van der Waals surface area contributed by atoms with Crippen molar-refractivity contribution >= 4 is 27.5 Å². The zero-order valence-corrected chi connectivity index (χ0v) is 16.0. The fourth-order valence-corrected chi connectivity index (χ4v) is 4.12. The van der Waals surface area contributed by atoms with Crippen LogP contribution < -0.4 is 4.80 Å². The molecule has 0 saturated carbocycles. The fraction of sp³-hybridized carbons (Fsp3) is 0.0952. The van der Waals surface area contributed by atoms with E-state index in [0.717, 1.165) is 10.4 Å². The Kier molecular flexibility index (Phi) is 4.75. The van der Waals surface area contributed by atoms with E-state index in [1.807, 2.05) is 43.3 Å². The number of aromatic nitrogens is 3. The monoisotopic (exact) mass is 392 g/mol. The lowest BCUT2D eigenvalue weighted by atomic mass is 10.2. The number of rotatable bonds is 4. The maximum absolute atomic E-state index is 14.3. The highest BCUT2D eigenvalue weighted by Gasteiger charge is 2.16. The Morgan fingerprint density at radius 2 is 2.04 bits per heavy atom. The molecule has 0 atom stereocenters. The lowest BCUT2D eigenvalue weighted by molar-refractivity contribution is 0.0997. The molecular formula is C21H17FN4OS. The summed E-state index contributed by atoms with van der Waals surface area (Å²) >= 11 is 1.27. The van der Waals surface area contributed by atoms with E-state index >= 15 is 0 Å². The number of amides is 1. The van der Waals surface area contributed by atoms with E-state index in [0.29, 0.717) is 28.1 Å². The summed E-state index contributed by atoms with van der Waals surface area (Å²) in [4.78, 5) is 17.5. The van der Waals surface area contributed by atoms with Gasteiger partial charge in [-0.2, -0.15) is 10.1 Å². The summed E-state index contributed by atoms with van der Waals surface area (Å²) in [5.74, 6) is -0.762. The van der Waals surface area contributed by atoms with E-state index in [-0.39, 0.29) is 5.82 Å². The topological polar surface area (TPSA) is 52.2 Å². The minimum atomic E-state index is -0.413. The van der Waals surface area contributed by atoms with Crippen molar-refractivity contribution in [3.05, 3.63) is 89.3 Å². The van der Waals surface area contributed by atoms with Gasteiger partial charge in [0.05, 0.1) is 33.4 Å². The van der Waals surface area contributed by atoms with Crippen LogP contribution in [0.3, 0.4) is 0 Å². The maximum Gasteiger partial charge on any atom is 0.283 e. The minimum Gasteiger partial charge on any atom is -0.310 e. The van der Waals surface area contributed by atoms with Crippen LogP contribution in [0.25, 0.3) is 15.9 Å². The van der Waals surface area contributed by atoms with Gasteiger partial charge in [0.2, 0.25) is 0 Å². The number of para-hydroxylation sites is 2.